The number of ether oxygens (including phenoxy) is 2. The van der Waals surface area contributed by atoms with E-state index >= 15 is 0 Å². The highest BCUT2D eigenvalue weighted by Gasteiger charge is 2.32. The molecule has 0 atom stereocenters. The predicted molar refractivity (Wildman–Crippen MR) is 108 cm³/mol. The molecule has 2 amide bonds. The average molecular weight is 414 g/mol. The Morgan fingerprint density at radius 1 is 1.07 bits per heavy atom. The fourth-order valence-corrected chi connectivity index (χ4v) is 2.61. The van der Waals surface area contributed by atoms with Crippen molar-refractivity contribution in [3.05, 3.63) is 59.9 Å². The average Bonchev–Trinajstić information content (AvgIpc) is 3.52. The zero-order valence-corrected chi connectivity index (χ0v) is 16.7. The smallest absolute Gasteiger partial charge is 0.350 e. The van der Waals surface area contributed by atoms with Crippen LogP contribution in [0.25, 0.3) is 0 Å². The molecule has 2 aromatic carbocycles. The standard InChI is InChI=1S/C22H23FN2O5/c1-22(2,30-16-11-7-14(23)8-12-16)21(28)29-13-19(26)25-18-6-4-3-5-17(18)20(27)24-15-9-10-15/h3-8,11-12,15H,9-10,13H2,1-2H3,(H,24,27)(H,25,26). The lowest BCUT2D eigenvalue weighted by Crippen LogP contribution is -2.41. The molecule has 8 heteroatoms. The first-order valence-electron chi connectivity index (χ1n) is 9.56. The SMILES string of the molecule is CC(C)(Oc1ccc(F)cc1)C(=O)OCC(=O)Nc1ccccc1C(=O)NC1CC1. The molecule has 0 heterocycles. The number of hydrogen-bond acceptors (Lipinski definition) is 5. The van der Waals surface area contributed by atoms with Gasteiger partial charge >= 0.3 is 5.97 Å². The quantitative estimate of drug-likeness (QED) is 0.648. The van der Waals surface area contributed by atoms with Crippen molar-refractivity contribution < 1.29 is 28.2 Å². The number of nitrogens with one attached hydrogen (secondary N) is 2. The molecule has 3 rings (SSSR count). The molecule has 0 radical (unpaired) electrons. The maximum absolute atomic E-state index is 13.0. The summed E-state index contributed by atoms with van der Waals surface area (Å²) in [7, 11) is 0. The van der Waals surface area contributed by atoms with Crippen LogP contribution in [0.5, 0.6) is 5.75 Å². The minimum Gasteiger partial charge on any atom is -0.476 e. The first kappa shape index (κ1) is 21.3. The maximum atomic E-state index is 13.0. The number of anilines is 1. The van der Waals surface area contributed by atoms with E-state index < -0.39 is 29.9 Å². The van der Waals surface area contributed by atoms with Crippen LogP contribution in [0, 0.1) is 5.82 Å². The van der Waals surface area contributed by atoms with Crippen LogP contribution >= 0.6 is 0 Å². The number of carbonyl (C=O) groups excluding carboxylic acids is 3. The van der Waals surface area contributed by atoms with Crippen molar-refractivity contribution in [1.82, 2.24) is 5.32 Å². The number of esters is 1. The lowest BCUT2D eigenvalue weighted by Gasteiger charge is -2.24. The molecular formula is C22H23FN2O5. The molecule has 1 saturated carbocycles. The molecule has 2 N–H and O–H groups in total. The Balaban J connectivity index is 1.54. The molecule has 0 unspecified atom stereocenters. The summed E-state index contributed by atoms with van der Waals surface area (Å²) in [6, 6.07) is 12.0. The molecule has 7 nitrogen and oxygen atoms in total. The van der Waals surface area contributed by atoms with Gasteiger partial charge in [0.25, 0.3) is 11.8 Å². The van der Waals surface area contributed by atoms with E-state index in [1.165, 1.54) is 38.1 Å². The molecule has 0 saturated heterocycles. The van der Waals surface area contributed by atoms with Crippen molar-refractivity contribution in [3.63, 3.8) is 0 Å². The molecule has 30 heavy (non-hydrogen) atoms. The fraction of sp³-hybridized carbons (Fsp3) is 0.318. The summed E-state index contributed by atoms with van der Waals surface area (Å²) in [5, 5.41) is 5.45. The summed E-state index contributed by atoms with van der Waals surface area (Å²) in [6.07, 6.45) is 1.90. The van der Waals surface area contributed by atoms with Gasteiger partial charge in [-0.15, -0.1) is 0 Å². The molecule has 0 spiro atoms. The van der Waals surface area contributed by atoms with Crippen LogP contribution < -0.4 is 15.4 Å². The summed E-state index contributed by atoms with van der Waals surface area (Å²) in [5.41, 5.74) is -0.720. The predicted octanol–water partition coefficient (Wildman–Crippen LogP) is 3.06. The van der Waals surface area contributed by atoms with Crippen LogP contribution in [0.3, 0.4) is 0 Å². The number of rotatable bonds is 8. The molecule has 1 aliphatic carbocycles. The first-order valence-corrected chi connectivity index (χ1v) is 9.56. The van der Waals surface area contributed by atoms with E-state index in [9.17, 15) is 18.8 Å². The lowest BCUT2D eigenvalue weighted by atomic mass is 10.1. The molecular weight excluding hydrogens is 391 g/mol. The first-order chi connectivity index (χ1) is 14.2. The van der Waals surface area contributed by atoms with Gasteiger partial charge in [-0.2, -0.15) is 0 Å². The van der Waals surface area contributed by atoms with Gasteiger partial charge in [-0.05, 0) is 63.1 Å². The zero-order valence-electron chi connectivity index (χ0n) is 16.7. The summed E-state index contributed by atoms with van der Waals surface area (Å²) in [4.78, 5) is 36.9. The maximum Gasteiger partial charge on any atom is 0.350 e. The molecule has 0 bridgehead atoms. The van der Waals surface area contributed by atoms with E-state index in [-0.39, 0.29) is 11.9 Å². The van der Waals surface area contributed by atoms with Crippen molar-refractivity contribution in [1.29, 1.82) is 0 Å². The van der Waals surface area contributed by atoms with Crippen LogP contribution in [-0.2, 0) is 14.3 Å². The Morgan fingerprint density at radius 2 is 1.73 bits per heavy atom. The van der Waals surface area contributed by atoms with E-state index in [2.05, 4.69) is 10.6 Å². The van der Waals surface area contributed by atoms with E-state index in [1.54, 1.807) is 24.3 Å². The second-order valence-corrected chi connectivity index (χ2v) is 7.48. The molecule has 158 valence electrons. The van der Waals surface area contributed by atoms with Crippen LogP contribution in [0.4, 0.5) is 10.1 Å². The van der Waals surface area contributed by atoms with Gasteiger partial charge in [0.15, 0.2) is 12.2 Å². The van der Waals surface area contributed by atoms with Gasteiger partial charge in [0.05, 0.1) is 11.3 Å². The Hall–Kier alpha value is -3.42. The van der Waals surface area contributed by atoms with Crippen LogP contribution in [0.2, 0.25) is 0 Å². The normalized spacial score (nSPS) is 13.3. The van der Waals surface area contributed by atoms with Crippen molar-refractivity contribution >= 4 is 23.5 Å². The van der Waals surface area contributed by atoms with Crippen molar-refractivity contribution in [2.75, 3.05) is 11.9 Å². The number of benzene rings is 2. The summed E-state index contributed by atoms with van der Waals surface area (Å²) in [5.74, 6) is -1.75. The third kappa shape index (κ3) is 5.79. The van der Waals surface area contributed by atoms with E-state index in [1.807, 2.05) is 0 Å². The van der Waals surface area contributed by atoms with Gasteiger partial charge in [0.2, 0.25) is 0 Å². The van der Waals surface area contributed by atoms with Crippen molar-refractivity contribution in [2.24, 2.45) is 0 Å². The highest BCUT2D eigenvalue weighted by molar-refractivity contribution is 6.04. The number of amides is 2. The number of para-hydroxylation sites is 1. The Kier molecular flexibility index (Phi) is 6.34. The highest BCUT2D eigenvalue weighted by atomic mass is 19.1. The minimum absolute atomic E-state index is 0.186. The molecule has 0 aromatic heterocycles. The second-order valence-electron chi connectivity index (χ2n) is 7.48. The molecule has 0 aliphatic heterocycles. The van der Waals surface area contributed by atoms with E-state index in [0.717, 1.165) is 12.8 Å². The topological polar surface area (TPSA) is 93.7 Å². The summed E-state index contributed by atoms with van der Waals surface area (Å²) in [6.45, 7) is 2.41. The third-order valence-electron chi connectivity index (χ3n) is 4.37. The van der Waals surface area contributed by atoms with Gasteiger partial charge in [0, 0.05) is 6.04 Å². The molecule has 2 aromatic rings. The molecule has 1 fully saturated rings. The summed E-state index contributed by atoms with van der Waals surface area (Å²) < 4.78 is 23.6. The van der Waals surface area contributed by atoms with Crippen LogP contribution in [0.1, 0.15) is 37.0 Å². The third-order valence-corrected chi connectivity index (χ3v) is 4.37. The van der Waals surface area contributed by atoms with Crippen molar-refractivity contribution in [2.45, 2.75) is 38.3 Å². The van der Waals surface area contributed by atoms with Crippen LogP contribution in [-0.4, -0.2) is 36.0 Å². The Morgan fingerprint density at radius 3 is 2.40 bits per heavy atom. The minimum atomic E-state index is -1.39. The van der Waals surface area contributed by atoms with Gasteiger partial charge in [-0.3, -0.25) is 9.59 Å². The Labute approximate surface area is 173 Å². The zero-order chi connectivity index (χ0) is 21.7. The van der Waals surface area contributed by atoms with Gasteiger partial charge < -0.3 is 20.1 Å². The van der Waals surface area contributed by atoms with Crippen molar-refractivity contribution in [3.8, 4) is 5.75 Å². The highest BCUT2D eigenvalue weighted by Crippen LogP contribution is 2.22. The van der Waals surface area contributed by atoms with Gasteiger partial charge in [0.1, 0.15) is 11.6 Å². The fourth-order valence-electron chi connectivity index (χ4n) is 2.61. The number of halogens is 1. The van der Waals surface area contributed by atoms with Crippen LogP contribution in [0.15, 0.2) is 48.5 Å². The molecule has 1 aliphatic rings. The lowest BCUT2D eigenvalue weighted by molar-refractivity contribution is -0.161. The van der Waals surface area contributed by atoms with Gasteiger partial charge in [-0.1, -0.05) is 12.1 Å². The monoisotopic (exact) mass is 414 g/mol. The van der Waals surface area contributed by atoms with Gasteiger partial charge in [-0.25, -0.2) is 9.18 Å². The number of carbonyl (C=O) groups is 3. The largest absolute Gasteiger partial charge is 0.476 e. The number of hydrogen-bond donors (Lipinski definition) is 2. The van der Waals surface area contributed by atoms with E-state index in [0.29, 0.717) is 17.0 Å². The van der Waals surface area contributed by atoms with E-state index in [4.69, 9.17) is 9.47 Å². The summed E-state index contributed by atoms with van der Waals surface area (Å²) >= 11 is 0. The second kappa shape index (κ2) is 8.94. The Bertz CT molecular complexity index is 939.